The summed E-state index contributed by atoms with van der Waals surface area (Å²) in [5.41, 5.74) is 5.78. The summed E-state index contributed by atoms with van der Waals surface area (Å²) in [6.07, 6.45) is 0. The molecular weight excluding hydrogens is 152 g/mol. The van der Waals surface area contributed by atoms with E-state index in [-0.39, 0.29) is 12.5 Å². The second-order valence-corrected chi connectivity index (χ2v) is 4.54. The van der Waals surface area contributed by atoms with Crippen molar-refractivity contribution < 1.29 is 4.79 Å². The summed E-state index contributed by atoms with van der Waals surface area (Å²) in [4.78, 5) is 13.1. The van der Waals surface area contributed by atoms with Gasteiger partial charge in [0.15, 0.2) is 0 Å². The lowest BCUT2D eigenvalue weighted by molar-refractivity contribution is -0.129. The maximum Gasteiger partial charge on any atom is 0.236 e. The van der Waals surface area contributed by atoms with E-state index in [1.165, 1.54) is 0 Å². The number of carbonyl (C=O) groups is 1. The minimum atomic E-state index is 0.109. The summed E-state index contributed by atoms with van der Waals surface area (Å²) in [5.74, 6) is 1.60. The van der Waals surface area contributed by atoms with E-state index < -0.39 is 0 Å². The number of rotatable bonds is 1. The van der Waals surface area contributed by atoms with E-state index in [2.05, 4.69) is 13.8 Å². The van der Waals surface area contributed by atoms with Gasteiger partial charge in [0, 0.05) is 13.1 Å². The van der Waals surface area contributed by atoms with E-state index >= 15 is 0 Å². The third kappa shape index (κ3) is 0.891. The summed E-state index contributed by atoms with van der Waals surface area (Å²) in [7, 11) is 0. The quantitative estimate of drug-likeness (QED) is 0.602. The number of carbonyl (C=O) groups excluding carboxylic acids is 1. The Morgan fingerprint density at radius 1 is 1.50 bits per heavy atom. The van der Waals surface area contributed by atoms with Crippen LogP contribution in [0.3, 0.4) is 0 Å². The molecule has 0 aromatic carbocycles. The number of piperidine rings is 1. The van der Waals surface area contributed by atoms with Crippen molar-refractivity contribution in [1.82, 2.24) is 4.90 Å². The summed E-state index contributed by atoms with van der Waals surface area (Å²) in [6.45, 7) is 6.61. The highest BCUT2D eigenvalue weighted by Crippen LogP contribution is 2.61. The number of fused-ring (bicyclic) bond motifs is 1. The van der Waals surface area contributed by atoms with Gasteiger partial charge >= 0.3 is 0 Å². The van der Waals surface area contributed by atoms with Crippen LogP contribution in [0.2, 0.25) is 0 Å². The van der Waals surface area contributed by atoms with Crippen LogP contribution in [0.25, 0.3) is 0 Å². The van der Waals surface area contributed by atoms with Gasteiger partial charge in [-0.2, -0.15) is 0 Å². The summed E-state index contributed by atoms with van der Waals surface area (Å²) >= 11 is 0. The molecule has 1 saturated heterocycles. The highest BCUT2D eigenvalue weighted by atomic mass is 16.2. The third-order valence-corrected chi connectivity index (χ3v) is 3.65. The molecule has 0 aromatic rings. The zero-order valence-electron chi connectivity index (χ0n) is 7.71. The van der Waals surface area contributed by atoms with Gasteiger partial charge in [0.05, 0.1) is 6.54 Å². The molecular formula is C9H16N2O. The molecule has 3 nitrogen and oxygen atoms in total. The molecule has 2 rings (SSSR count). The lowest BCUT2D eigenvalue weighted by Crippen LogP contribution is -2.37. The molecule has 2 fully saturated rings. The number of hydrogen-bond acceptors (Lipinski definition) is 2. The van der Waals surface area contributed by atoms with Crippen LogP contribution in [-0.2, 0) is 4.79 Å². The Kier molecular flexibility index (Phi) is 1.49. The lowest BCUT2D eigenvalue weighted by Gasteiger charge is -2.21. The average molecular weight is 168 g/mol. The van der Waals surface area contributed by atoms with Gasteiger partial charge in [0.25, 0.3) is 0 Å². The molecule has 1 aliphatic heterocycles. The molecule has 2 aliphatic rings. The first-order valence-electron chi connectivity index (χ1n) is 4.55. The number of nitrogens with zero attached hydrogens (tertiary/aromatic N) is 1. The zero-order valence-corrected chi connectivity index (χ0v) is 7.71. The van der Waals surface area contributed by atoms with Crippen LogP contribution in [-0.4, -0.2) is 30.4 Å². The van der Waals surface area contributed by atoms with Crippen LogP contribution in [0.15, 0.2) is 0 Å². The Labute approximate surface area is 72.9 Å². The van der Waals surface area contributed by atoms with Crippen molar-refractivity contribution in [2.24, 2.45) is 23.0 Å². The van der Waals surface area contributed by atoms with Gasteiger partial charge in [-0.1, -0.05) is 13.8 Å². The van der Waals surface area contributed by atoms with Gasteiger partial charge in [-0.3, -0.25) is 4.79 Å². The second kappa shape index (κ2) is 2.22. The van der Waals surface area contributed by atoms with Gasteiger partial charge in [-0.25, -0.2) is 0 Å². The van der Waals surface area contributed by atoms with E-state index in [9.17, 15) is 4.79 Å². The third-order valence-electron chi connectivity index (χ3n) is 3.65. The largest absolute Gasteiger partial charge is 0.341 e. The lowest BCUT2D eigenvalue weighted by atomic mass is 10.1. The van der Waals surface area contributed by atoms with Crippen LogP contribution in [0.1, 0.15) is 13.8 Å². The standard InChI is InChI=1S/C9H16N2O/c1-9(2)6-4-11(5-7(6)9)8(12)3-10/h6-7H,3-5,10H2,1-2H3/t6-,7+. The minimum absolute atomic E-state index is 0.109. The summed E-state index contributed by atoms with van der Waals surface area (Å²) in [6, 6.07) is 0. The van der Waals surface area contributed by atoms with E-state index in [0.29, 0.717) is 5.41 Å². The van der Waals surface area contributed by atoms with Crippen LogP contribution >= 0.6 is 0 Å². The summed E-state index contributed by atoms with van der Waals surface area (Å²) in [5, 5.41) is 0. The van der Waals surface area contributed by atoms with Crippen LogP contribution < -0.4 is 5.73 Å². The smallest absolute Gasteiger partial charge is 0.236 e. The van der Waals surface area contributed by atoms with Crippen molar-refractivity contribution >= 4 is 5.91 Å². The Morgan fingerprint density at radius 3 is 2.42 bits per heavy atom. The van der Waals surface area contributed by atoms with Crippen molar-refractivity contribution in [3.05, 3.63) is 0 Å². The molecule has 0 unspecified atom stereocenters. The SMILES string of the molecule is CC1(C)[C@@H]2CN(C(=O)CN)C[C@@H]21. The van der Waals surface area contributed by atoms with Gasteiger partial charge < -0.3 is 10.6 Å². The maximum absolute atomic E-state index is 11.2. The monoisotopic (exact) mass is 168 g/mol. The van der Waals surface area contributed by atoms with E-state index in [0.717, 1.165) is 24.9 Å². The fourth-order valence-electron chi connectivity index (χ4n) is 2.46. The molecule has 0 radical (unpaired) electrons. The number of nitrogens with two attached hydrogens (primary N) is 1. The average Bonchev–Trinajstić information content (AvgIpc) is 2.52. The molecule has 2 atom stereocenters. The van der Waals surface area contributed by atoms with Crippen LogP contribution in [0, 0.1) is 17.3 Å². The fourth-order valence-corrected chi connectivity index (χ4v) is 2.46. The zero-order chi connectivity index (χ0) is 8.93. The van der Waals surface area contributed by atoms with Crippen molar-refractivity contribution in [2.45, 2.75) is 13.8 Å². The molecule has 12 heavy (non-hydrogen) atoms. The Morgan fingerprint density at radius 2 is 2.00 bits per heavy atom. The van der Waals surface area contributed by atoms with Crippen LogP contribution in [0.4, 0.5) is 0 Å². The van der Waals surface area contributed by atoms with Crippen molar-refractivity contribution in [1.29, 1.82) is 0 Å². The second-order valence-electron chi connectivity index (χ2n) is 4.54. The van der Waals surface area contributed by atoms with Crippen molar-refractivity contribution in [3.63, 3.8) is 0 Å². The first kappa shape index (κ1) is 8.05. The molecule has 1 heterocycles. The molecule has 2 N–H and O–H groups in total. The number of likely N-dealkylation sites (tertiary alicyclic amines) is 1. The van der Waals surface area contributed by atoms with Gasteiger partial charge in [-0.15, -0.1) is 0 Å². The molecule has 1 aliphatic carbocycles. The van der Waals surface area contributed by atoms with Gasteiger partial charge in [0.2, 0.25) is 5.91 Å². The maximum atomic E-state index is 11.2. The van der Waals surface area contributed by atoms with E-state index in [1.807, 2.05) is 4.90 Å². The van der Waals surface area contributed by atoms with Gasteiger partial charge in [-0.05, 0) is 17.3 Å². The predicted octanol–water partition coefficient (Wildman–Crippen LogP) is 0.0595. The fraction of sp³-hybridized carbons (Fsp3) is 0.889. The highest BCUT2D eigenvalue weighted by Gasteiger charge is 2.62. The Hall–Kier alpha value is -0.570. The molecule has 0 bridgehead atoms. The topological polar surface area (TPSA) is 46.3 Å². The first-order valence-corrected chi connectivity index (χ1v) is 4.55. The normalized spacial score (nSPS) is 36.4. The molecule has 3 heteroatoms. The minimum Gasteiger partial charge on any atom is -0.341 e. The van der Waals surface area contributed by atoms with Crippen molar-refractivity contribution in [3.8, 4) is 0 Å². The molecule has 1 saturated carbocycles. The molecule has 68 valence electrons. The van der Waals surface area contributed by atoms with E-state index in [4.69, 9.17) is 5.73 Å². The molecule has 0 spiro atoms. The first-order chi connectivity index (χ1) is 5.57. The highest BCUT2D eigenvalue weighted by molar-refractivity contribution is 5.78. The van der Waals surface area contributed by atoms with Gasteiger partial charge in [0.1, 0.15) is 0 Å². The summed E-state index contributed by atoms with van der Waals surface area (Å²) < 4.78 is 0. The Bertz CT molecular complexity index is 211. The van der Waals surface area contributed by atoms with Crippen LogP contribution in [0.5, 0.6) is 0 Å². The number of hydrogen-bond donors (Lipinski definition) is 1. The van der Waals surface area contributed by atoms with Crippen molar-refractivity contribution in [2.75, 3.05) is 19.6 Å². The number of amides is 1. The Balaban J connectivity index is 1.94. The molecule has 0 aromatic heterocycles. The van der Waals surface area contributed by atoms with E-state index in [1.54, 1.807) is 0 Å². The predicted molar refractivity (Wildman–Crippen MR) is 46.4 cm³/mol. The molecule has 1 amide bonds.